The predicted molar refractivity (Wildman–Crippen MR) is 141 cm³/mol. The zero-order chi connectivity index (χ0) is 26.6. The van der Waals surface area contributed by atoms with E-state index in [1.807, 2.05) is 25.1 Å². The van der Waals surface area contributed by atoms with E-state index in [1.165, 1.54) is 34.0 Å². The van der Waals surface area contributed by atoms with Crippen molar-refractivity contribution in [3.05, 3.63) is 80.6 Å². The first-order valence-corrected chi connectivity index (χ1v) is 13.1. The van der Waals surface area contributed by atoms with Crippen molar-refractivity contribution < 1.29 is 28.2 Å². The molecule has 0 aliphatic carbocycles. The minimum atomic E-state index is -0.576. The number of hydrogen-bond acceptors (Lipinski definition) is 10. The number of carbonyl (C=O) groups excluding carboxylic acids is 3. The number of halogens is 1. The number of aromatic nitrogens is 2. The Morgan fingerprint density at radius 3 is 2.30 bits per heavy atom. The summed E-state index contributed by atoms with van der Waals surface area (Å²) >= 11 is 2.95. The zero-order valence-corrected chi connectivity index (χ0v) is 22.0. The van der Waals surface area contributed by atoms with E-state index in [0.717, 1.165) is 40.7 Å². The third-order valence-electron chi connectivity index (χ3n) is 4.96. The third-order valence-corrected chi connectivity index (χ3v) is 7.18. The molecule has 0 fully saturated rings. The van der Waals surface area contributed by atoms with E-state index in [-0.39, 0.29) is 17.5 Å². The summed E-state index contributed by atoms with van der Waals surface area (Å²) in [6.07, 6.45) is 7.31. The van der Waals surface area contributed by atoms with Crippen LogP contribution in [0.3, 0.4) is 0 Å². The second-order valence-electron chi connectivity index (χ2n) is 7.47. The maximum absolute atomic E-state index is 12.3. The van der Waals surface area contributed by atoms with Gasteiger partial charge in [0.1, 0.15) is 9.75 Å². The van der Waals surface area contributed by atoms with Crippen LogP contribution < -0.4 is 5.32 Å². The average Bonchev–Trinajstić information content (AvgIpc) is 3.55. The Balaban J connectivity index is 0.000000159. The molecule has 0 unspecified atom stereocenters. The first-order valence-electron chi connectivity index (χ1n) is 11.5. The topological polar surface area (TPSA) is 107 Å². The van der Waals surface area contributed by atoms with Crippen LogP contribution in [0.25, 0.3) is 10.1 Å². The van der Waals surface area contributed by atoms with Gasteiger partial charge in [-0.15, -0.1) is 22.7 Å². The average molecular weight is 544 g/mol. The molecule has 37 heavy (non-hydrogen) atoms. The molecular weight excluding hydrogens is 517 g/mol. The van der Waals surface area contributed by atoms with Crippen molar-refractivity contribution in [3.63, 3.8) is 0 Å². The minimum Gasteiger partial charge on any atom is -0.462 e. The lowest BCUT2D eigenvalue weighted by atomic mass is 10.1. The second kappa shape index (κ2) is 14.3. The van der Waals surface area contributed by atoms with Gasteiger partial charge in [0, 0.05) is 30.0 Å². The van der Waals surface area contributed by atoms with Crippen molar-refractivity contribution in [1.82, 2.24) is 15.3 Å². The minimum absolute atomic E-state index is 0.0463. The van der Waals surface area contributed by atoms with E-state index >= 15 is 0 Å². The van der Waals surface area contributed by atoms with Gasteiger partial charge >= 0.3 is 11.9 Å². The summed E-state index contributed by atoms with van der Waals surface area (Å²) in [5.41, 5.74) is 1.35. The van der Waals surface area contributed by atoms with Crippen molar-refractivity contribution in [2.75, 3.05) is 19.8 Å². The molecule has 8 nitrogen and oxygen atoms in total. The van der Waals surface area contributed by atoms with Gasteiger partial charge in [0.15, 0.2) is 12.1 Å². The first kappa shape index (κ1) is 28.0. The molecule has 0 amide bonds. The Bertz CT molecular complexity index is 1300. The van der Waals surface area contributed by atoms with Gasteiger partial charge in [-0.1, -0.05) is 0 Å². The molecule has 194 valence electrons. The summed E-state index contributed by atoms with van der Waals surface area (Å²) in [5.74, 6) is -1.02. The monoisotopic (exact) mass is 543 g/mol. The summed E-state index contributed by atoms with van der Waals surface area (Å²) in [7, 11) is 0. The zero-order valence-electron chi connectivity index (χ0n) is 20.4. The van der Waals surface area contributed by atoms with Crippen LogP contribution in [0.15, 0.2) is 49.1 Å². The van der Waals surface area contributed by atoms with Gasteiger partial charge in [-0.25, -0.2) is 14.0 Å². The quantitative estimate of drug-likeness (QED) is 0.274. The Hall–Kier alpha value is -3.54. The van der Waals surface area contributed by atoms with E-state index in [9.17, 15) is 18.8 Å². The molecule has 0 bridgehead atoms. The van der Waals surface area contributed by atoms with E-state index in [2.05, 4.69) is 15.3 Å². The normalized spacial score (nSPS) is 11.8. The fourth-order valence-electron chi connectivity index (χ4n) is 3.22. The van der Waals surface area contributed by atoms with E-state index in [0.29, 0.717) is 24.4 Å². The Morgan fingerprint density at radius 1 is 1.03 bits per heavy atom. The van der Waals surface area contributed by atoms with E-state index in [4.69, 9.17) is 9.47 Å². The van der Waals surface area contributed by atoms with Crippen LogP contribution in [0.5, 0.6) is 0 Å². The number of rotatable bonds is 5. The van der Waals surface area contributed by atoms with Crippen LogP contribution in [-0.2, 0) is 22.4 Å². The molecule has 1 aliphatic heterocycles. The Morgan fingerprint density at radius 2 is 1.70 bits per heavy atom. The largest absolute Gasteiger partial charge is 0.462 e. The van der Waals surface area contributed by atoms with Crippen LogP contribution in [0.4, 0.5) is 4.39 Å². The number of thiophene rings is 2. The molecule has 11 heteroatoms. The van der Waals surface area contributed by atoms with Crippen molar-refractivity contribution in [3.8, 4) is 0 Å². The smallest absolute Gasteiger partial charge is 0.348 e. The number of carbonyl (C=O) groups is 3. The molecule has 5 rings (SSSR count). The van der Waals surface area contributed by atoms with E-state index in [1.54, 1.807) is 30.7 Å². The Labute approximate surface area is 221 Å². The molecule has 0 saturated carbocycles. The van der Waals surface area contributed by atoms with Crippen LogP contribution in [0.1, 0.15) is 54.0 Å². The number of aldehydes is 1. The number of nitrogens with one attached hydrogen (secondary N) is 1. The summed E-state index contributed by atoms with van der Waals surface area (Å²) < 4.78 is 23.2. The molecule has 0 aromatic carbocycles. The van der Waals surface area contributed by atoms with Crippen molar-refractivity contribution in [1.29, 1.82) is 0 Å². The van der Waals surface area contributed by atoms with Gasteiger partial charge in [0.25, 0.3) is 0 Å². The Kier molecular flexibility index (Phi) is 10.8. The van der Waals surface area contributed by atoms with Crippen LogP contribution >= 0.6 is 22.7 Å². The summed E-state index contributed by atoms with van der Waals surface area (Å²) in [5, 5.41) is 4.32. The number of ether oxygens (including phenoxy) is 2. The highest BCUT2D eigenvalue weighted by molar-refractivity contribution is 7.20. The third kappa shape index (κ3) is 7.97. The lowest BCUT2D eigenvalue weighted by Gasteiger charge is -2.10. The van der Waals surface area contributed by atoms with Gasteiger partial charge in [-0.3, -0.25) is 14.8 Å². The van der Waals surface area contributed by atoms with Gasteiger partial charge in [-0.05, 0) is 62.0 Å². The summed E-state index contributed by atoms with van der Waals surface area (Å²) in [4.78, 5) is 42.9. The molecule has 4 aromatic rings. The SMILES string of the molecule is CCOC(=O)c1cc2c(s1)CNCC2.CCOC(=O)c1cc2ccncc2s1.O=Cc1ccncc1F. The summed E-state index contributed by atoms with van der Waals surface area (Å²) in [6.45, 7) is 6.37. The van der Waals surface area contributed by atoms with Crippen LogP contribution in [0.2, 0.25) is 0 Å². The van der Waals surface area contributed by atoms with Gasteiger partial charge in [-0.2, -0.15) is 0 Å². The number of hydrogen-bond donors (Lipinski definition) is 1. The molecule has 0 saturated heterocycles. The summed E-state index contributed by atoms with van der Waals surface area (Å²) in [6, 6.07) is 7.01. The predicted octanol–water partition coefficient (Wildman–Crippen LogP) is 5.08. The van der Waals surface area contributed by atoms with Crippen LogP contribution in [0, 0.1) is 5.82 Å². The molecule has 0 radical (unpaired) electrons. The molecular formula is C26H26FN3O5S2. The maximum Gasteiger partial charge on any atom is 0.348 e. The van der Waals surface area contributed by atoms with Crippen molar-refractivity contribution in [2.45, 2.75) is 26.8 Å². The second-order valence-corrected chi connectivity index (χ2v) is 9.69. The molecule has 0 spiro atoms. The fraction of sp³-hybridized carbons (Fsp3) is 0.269. The van der Waals surface area contributed by atoms with E-state index < -0.39 is 5.82 Å². The van der Waals surface area contributed by atoms with Crippen molar-refractivity contribution in [2.24, 2.45) is 0 Å². The molecule has 1 N–H and O–H groups in total. The maximum atomic E-state index is 12.3. The molecule has 4 aromatic heterocycles. The standard InChI is InChI=1S/C10H13NO2S.C10H9NO2S.C6H4FNO/c2*1-2-13-10(12)8-5-7-3-4-11-6-9(7)14-8;7-6-3-8-2-1-5(6)4-9/h5,11H,2-4,6H2,1H3;3-6H,2H2,1H3;1-4H. The molecule has 5 heterocycles. The number of fused-ring (bicyclic) bond motifs is 2. The highest BCUT2D eigenvalue weighted by Gasteiger charge is 2.17. The lowest BCUT2D eigenvalue weighted by molar-refractivity contribution is 0.0522. The van der Waals surface area contributed by atoms with Gasteiger partial charge in [0.05, 0.1) is 29.7 Å². The van der Waals surface area contributed by atoms with Gasteiger partial charge < -0.3 is 14.8 Å². The molecule has 0 atom stereocenters. The number of esters is 2. The van der Waals surface area contributed by atoms with Crippen molar-refractivity contribution >= 4 is 51.0 Å². The number of pyridine rings is 2. The highest BCUT2D eigenvalue weighted by Crippen LogP contribution is 2.26. The first-order chi connectivity index (χ1) is 18.0. The molecule has 1 aliphatic rings. The lowest BCUT2D eigenvalue weighted by Crippen LogP contribution is -2.21. The van der Waals surface area contributed by atoms with Gasteiger partial charge in [0.2, 0.25) is 0 Å². The number of nitrogens with zero attached hydrogens (tertiary/aromatic N) is 2. The highest BCUT2D eigenvalue weighted by atomic mass is 32.1. The fourth-order valence-corrected chi connectivity index (χ4v) is 5.22. The van der Waals surface area contributed by atoms with Crippen LogP contribution in [-0.4, -0.2) is 48.0 Å².